The molecule has 0 bridgehead atoms. The summed E-state index contributed by atoms with van der Waals surface area (Å²) in [6, 6.07) is 7.46. The first-order valence-corrected chi connectivity index (χ1v) is 13.0. The van der Waals surface area contributed by atoms with Gasteiger partial charge in [0.15, 0.2) is 17.3 Å². The van der Waals surface area contributed by atoms with Crippen LogP contribution in [-0.2, 0) is 17.4 Å². The molecule has 1 saturated carbocycles. The molecule has 1 fully saturated rings. The average molecular weight is 580 g/mol. The highest BCUT2D eigenvalue weighted by Crippen LogP contribution is 2.32. The largest absolute Gasteiger partial charge is 0.433 e. The zero-order chi connectivity index (χ0) is 28.9. The summed E-state index contributed by atoms with van der Waals surface area (Å²) in [6.45, 7) is 1.02. The summed E-state index contributed by atoms with van der Waals surface area (Å²) in [7, 11) is 4.10. The highest BCUT2D eigenvalue weighted by Gasteiger charge is 2.33. The highest BCUT2D eigenvalue weighted by atomic mass is 35.5. The van der Waals surface area contributed by atoms with Crippen molar-refractivity contribution in [2.24, 2.45) is 5.92 Å². The van der Waals surface area contributed by atoms with Gasteiger partial charge in [-0.25, -0.2) is 4.98 Å². The number of pyridine rings is 1. The second kappa shape index (κ2) is 12.6. The Kier molecular flexibility index (Phi) is 9.25. The minimum Gasteiger partial charge on any atom is -0.424 e. The lowest BCUT2D eigenvalue weighted by Crippen LogP contribution is -2.43. The number of urea groups is 1. The van der Waals surface area contributed by atoms with Crippen LogP contribution in [0.1, 0.15) is 43.0 Å². The Morgan fingerprint density at radius 3 is 2.55 bits per heavy atom. The number of hydrogen-bond acceptors (Lipinski definition) is 6. The molecule has 2 aromatic heterocycles. The summed E-state index contributed by atoms with van der Waals surface area (Å²) in [5.74, 6) is -0.513. The van der Waals surface area contributed by atoms with Gasteiger partial charge in [-0.2, -0.15) is 13.2 Å². The van der Waals surface area contributed by atoms with E-state index in [1.165, 1.54) is 6.20 Å². The predicted octanol–water partition coefficient (Wildman–Crippen LogP) is 5.74. The maximum absolute atomic E-state index is 13.5. The highest BCUT2D eigenvalue weighted by molar-refractivity contribution is 6.31. The van der Waals surface area contributed by atoms with Crippen LogP contribution in [0.2, 0.25) is 5.02 Å². The van der Waals surface area contributed by atoms with Crippen molar-refractivity contribution in [3.05, 3.63) is 64.2 Å². The van der Waals surface area contributed by atoms with Gasteiger partial charge in [0.25, 0.3) is 0 Å². The van der Waals surface area contributed by atoms with Crippen LogP contribution >= 0.6 is 11.6 Å². The fourth-order valence-electron chi connectivity index (χ4n) is 4.64. The number of nitrogens with one attached hydrogen (secondary N) is 2. The number of anilines is 2. The maximum Gasteiger partial charge on any atom is 0.433 e. The minimum absolute atomic E-state index is 0.0914. The third-order valence-corrected chi connectivity index (χ3v) is 6.81. The van der Waals surface area contributed by atoms with E-state index in [4.69, 9.17) is 16.1 Å². The normalized spacial score (nSPS) is 17.5. The Hall–Kier alpha value is -3.71. The number of nitrogens with zero attached hydrogens (tertiary/aromatic N) is 5. The van der Waals surface area contributed by atoms with Crippen LogP contribution in [0.5, 0.6) is 0 Å². The molecular formula is C26H29ClF3N7O3. The molecule has 10 nitrogen and oxygen atoms in total. The standard InChI is InChI=1S/C26H29ClF3N7O3/c1-36(2)14-16-7-9-19(10-8-16)37-15-24(40-35-37)34-25(39)31-18-12-21(26(28,29)30)32-22(13-18)33-23(38)11-17-5-3-4-6-20(17)27/h3-6,12-13,15-16,19H,7-11,14H2,1-2H3,(H2-,31,32,33,34,35,38,39). The van der Waals surface area contributed by atoms with Crippen LogP contribution in [0.4, 0.5) is 35.4 Å². The third-order valence-electron chi connectivity index (χ3n) is 6.44. The van der Waals surface area contributed by atoms with Gasteiger partial charge >= 0.3 is 6.18 Å². The van der Waals surface area contributed by atoms with Crippen molar-refractivity contribution in [1.29, 1.82) is 0 Å². The molecule has 3 aromatic rings. The van der Waals surface area contributed by atoms with E-state index < -0.39 is 29.6 Å². The van der Waals surface area contributed by atoms with Crippen molar-refractivity contribution in [3.63, 3.8) is 0 Å². The molecule has 4 rings (SSSR count). The number of halogens is 4. The van der Waals surface area contributed by atoms with Crippen LogP contribution in [-0.4, -0.2) is 47.7 Å². The van der Waals surface area contributed by atoms with E-state index in [1.807, 2.05) is 14.1 Å². The van der Waals surface area contributed by atoms with E-state index in [0.717, 1.165) is 38.3 Å². The van der Waals surface area contributed by atoms with Crippen molar-refractivity contribution < 1.29 is 32.0 Å². The number of amides is 3. The molecule has 3 amide bonds. The summed E-state index contributed by atoms with van der Waals surface area (Å²) in [4.78, 5) is 30.6. The van der Waals surface area contributed by atoms with E-state index in [2.05, 4.69) is 31.1 Å². The second-order valence-corrected chi connectivity index (χ2v) is 10.3. The lowest BCUT2D eigenvalue weighted by molar-refractivity contribution is -0.787. The van der Waals surface area contributed by atoms with E-state index in [1.54, 1.807) is 28.9 Å². The molecule has 2 N–H and O–H groups in total. The zero-order valence-electron chi connectivity index (χ0n) is 21.9. The molecule has 1 aliphatic carbocycles. The molecule has 214 valence electrons. The fourth-order valence-corrected chi connectivity index (χ4v) is 4.85. The first kappa shape index (κ1) is 29.3. The summed E-state index contributed by atoms with van der Waals surface area (Å²) in [5.41, 5.74) is -1.08. The van der Waals surface area contributed by atoms with E-state index in [0.29, 0.717) is 22.6 Å². The Bertz CT molecular complexity index is 1340. The van der Waals surface area contributed by atoms with Gasteiger partial charge in [0.2, 0.25) is 18.0 Å². The van der Waals surface area contributed by atoms with Gasteiger partial charge in [-0.05, 0) is 62.3 Å². The molecule has 0 saturated heterocycles. The van der Waals surface area contributed by atoms with E-state index in [9.17, 15) is 22.8 Å². The fraction of sp³-hybridized carbons (Fsp3) is 0.423. The van der Waals surface area contributed by atoms with Gasteiger partial charge in [-0.15, -0.1) is 0 Å². The monoisotopic (exact) mass is 579 g/mol. The van der Waals surface area contributed by atoms with Crippen molar-refractivity contribution in [2.45, 2.75) is 44.3 Å². The molecule has 2 heterocycles. The van der Waals surface area contributed by atoms with Crippen molar-refractivity contribution in [3.8, 4) is 0 Å². The van der Waals surface area contributed by atoms with Crippen LogP contribution < -0.4 is 15.3 Å². The Labute approximate surface area is 233 Å². The number of rotatable bonds is 8. The van der Waals surface area contributed by atoms with E-state index in [-0.39, 0.29) is 24.0 Å². The molecule has 40 heavy (non-hydrogen) atoms. The smallest absolute Gasteiger partial charge is 0.424 e. The van der Waals surface area contributed by atoms with E-state index >= 15 is 0 Å². The van der Waals surface area contributed by atoms with Gasteiger partial charge in [-0.1, -0.05) is 34.5 Å². The van der Waals surface area contributed by atoms with Gasteiger partial charge in [0.05, 0.1) is 6.42 Å². The van der Waals surface area contributed by atoms with Crippen LogP contribution in [0, 0.1) is 5.92 Å². The zero-order valence-corrected chi connectivity index (χ0v) is 22.7. The summed E-state index contributed by atoms with van der Waals surface area (Å²) >= 11 is 6.06. The number of carbonyl (C=O) groups excluding carboxylic acids is 2. The molecular weight excluding hydrogens is 551 g/mol. The molecule has 0 atom stereocenters. The first-order valence-electron chi connectivity index (χ1n) is 12.6. The molecule has 1 aromatic carbocycles. The van der Waals surface area contributed by atoms with Crippen LogP contribution in [0.15, 0.2) is 47.1 Å². The third kappa shape index (κ3) is 8.15. The summed E-state index contributed by atoms with van der Waals surface area (Å²) in [6.07, 6.45) is 0.365. The number of alkyl halides is 3. The van der Waals surface area contributed by atoms with Crippen molar-refractivity contribution in [1.82, 2.24) is 15.2 Å². The Morgan fingerprint density at radius 1 is 1.15 bits per heavy atom. The lowest BCUT2D eigenvalue weighted by Gasteiger charge is -2.26. The van der Waals surface area contributed by atoms with Crippen LogP contribution in [0.3, 0.4) is 0 Å². The molecule has 0 radical (unpaired) electrons. The predicted molar refractivity (Wildman–Crippen MR) is 141 cm³/mol. The average Bonchev–Trinajstić information content (AvgIpc) is 3.33. The topological polar surface area (TPSA) is 118 Å². The quantitative estimate of drug-likeness (QED) is 0.329. The van der Waals surface area contributed by atoms with Gasteiger partial charge < -0.3 is 25.4 Å². The SMILES string of the molecule is CN(C)CC1CCC([n+]2cc([N-]C(=O)Nc3cc(NC(=O)Cc4ccccc4Cl)nc(C(F)(F)F)c3)on2)CC1. The van der Waals surface area contributed by atoms with Gasteiger partial charge in [0.1, 0.15) is 11.5 Å². The molecule has 1 aliphatic rings. The lowest BCUT2D eigenvalue weighted by atomic mass is 9.86. The number of benzene rings is 1. The van der Waals surface area contributed by atoms with Crippen molar-refractivity contribution >= 4 is 40.9 Å². The van der Waals surface area contributed by atoms with Gasteiger partial charge in [-0.3, -0.25) is 9.59 Å². The molecule has 0 unspecified atom stereocenters. The van der Waals surface area contributed by atoms with Gasteiger partial charge in [0, 0.05) is 24.4 Å². The maximum atomic E-state index is 13.5. The van der Waals surface area contributed by atoms with Crippen molar-refractivity contribution in [2.75, 3.05) is 31.3 Å². The summed E-state index contributed by atoms with van der Waals surface area (Å²) in [5, 5.41) is 12.7. The molecule has 14 heteroatoms. The molecule has 0 aliphatic heterocycles. The Balaban J connectivity index is 1.39. The molecule has 0 spiro atoms. The number of carbonyl (C=O) groups is 2. The number of hydrogen-bond donors (Lipinski definition) is 2. The second-order valence-electron chi connectivity index (χ2n) is 9.94. The number of aromatic nitrogens is 3. The minimum atomic E-state index is -4.83. The summed E-state index contributed by atoms with van der Waals surface area (Å²) < 4.78 is 47.2. The van der Waals surface area contributed by atoms with Crippen LogP contribution in [0.25, 0.3) is 5.32 Å². The Morgan fingerprint density at radius 2 is 1.88 bits per heavy atom. The first-order chi connectivity index (χ1) is 19.0.